The SMILES string of the molecule is C=C(CN1Cc2c(-c3ccc4[nH]nc(-c5cccnc5)c4c3)cc(N)cc2C1O)C(N)=O. The molecule has 3 heterocycles. The number of hydrogen-bond acceptors (Lipinski definition) is 6. The average Bonchev–Trinajstić information content (AvgIpc) is 3.35. The number of aromatic amines is 1. The summed E-state index contributed by atoms with van der Waals surface area (Å²) in [5, 5.41) is 19.4. The molecule has 0 bridgehead atoms. The Morgan fingerprint density at radius 1 is 1.25 bits per heavy atom. The zero-order valence-corrected chi connectivity index (χ0v) is 17.2. The van der Waals surface area contributed by atoms with Crippen LogP contribution in [-0.2, 0) is 11.3 Å². The van der Waals surface area contributed by atoms with Crippen LogP contribution in [-0.4, -0.2) is 37.6 Å². The van der Waals surface area contributed by atoms with Gasteiger partial charge in [0.05, 0.1) is 5.52 Å². The van der Waals surface area contributed by atoms with Crippen molar-refractivity contribution in [1.82, 2.24) is 20.1 Å². The summed E-state index contributed by atoms with van der Waals surface area (Å²) in [7, 11) is 0. The van der Waals surface area contributed by atoms with Gasteiger partial charge in [0.2, 0.25) is 5.91 Å². The minimum absolute atomic E-state index is 0.177. The standard InChI is InChI=1S/C24H22N6O2/c1-13(23(26)31)11-30-12-20-17(8-16(25)9-18(20)24(30)32)14-4-5-21-19(7-14)22(29-28-21)15-3-2-6-27-10-15/h2-10,24,32H,1,11-12,25H2,(H2,26,31)(H,28,29). The first-order chi connectivity index (χ1) is 15.4. The van der Waals surface area contributed by atoms with E-state index in [1.165, 1.54) is 0 Å². The van der Waals surface area contributed by atoms with E-state index in [1.807, 2.05) is 30.3 Å². The highest BCUT2D eigenvalue weighted by Crippen LogP contribution is 2.41. The number of pyridine rings is 1. The number of H-pyrrole nitrogens is 1. The Kier molecular flexibility index (Phi) is 4.73. The quantitative estimate of drug-likeness (QED) is 0.286. The minimum atomic E-state index is -0.896. The Labute approximate surface area is 184 Å². The molecule has 2 aromatic heterocycles. The summed E-state index contributed by atoms with van der Waals surface area (Å²) in [6, 6.07) is 13.6. The van der Waals surface area contributed by atoms with Gasteiger partial charge >= 0.3 is 0 Å². The first-order valence-electron chi connectivity index (χ1n) is 10.1. The molecule has 4 aromatic rings. The van der Waals surface area contributed by atoms with Crippen LogP contribution in [0.5, 0.6) is 0 Å². The van der Waals surface area contributed by atoms with Gasteiger partial charge in [-0.1, -0.05) is 12.6 Å². The van der Waals surface area contributed by atoms with Crippen LogP contribution >= 0.6 is 0 Å². The molecular weight excluding hydrogens is 404 g/mol. The van der Waals surface area contributed by atoms with Gasteiger partial charge < -0.3 is 16.6 Å². The number of carbonyl (C=O) groups is 1. The number of amides is 1. The van der Waals surface area contributed by atoms with Crippen molar-refractivity contribution in [1.29, 1.82) is 0 Å². The molecule has 0 saturated heterocycles. The van der Waals surface area contributed by atoms with E-state index in [2.05, 4.69) is 27.8 Å². The van der Waals surface area contributed by atoms with Crippen LogP contribution in [0.15, 0.2) is 67.0 Å². The van der Waals surface area contributed by atoms with Crippen molar-refractivity contribution in [3.05, 3.63) is 78.1 Å². The van der Waals surface area contributed by atoms with Crippen molar-refractivity contribution in [2.24, 2.45) is 5.73 Å². The van der Waals surface area contributed by atoms with E-state index in [0.29, 0.717) is 12.2 Å². The fourth-order valence-corrected chi connectivity index (χ4v) is 4.24. The smallest absolute Gasteiger partial charge is 0.245 e. The van der Waals surface area contributed by atoms with Gasteiger partial charge in [0.25, 0.3) is 0 Å². The number of benzene rings is 2. The molecule has 1 aliphatic rings. The topological polar surface area (TPSA) is 134 Å². The number of aliphatic hydroxyl groups excluding tert-OH is 1. The Morgan fingerprint density at radius 2 is 2.09 bits per heavy atom. The highest BCUT2D eigenvalue weighted by atomic mass is 16.3. The van der Waals surface area contributed by atoms with Gasteiger partial charge in [-0.3, -0.25) is 19.8 Å². The number of nitrogens with zero attached hydrogens (tertiary/aromatic N) is 3. The largest absolute Gasteiger partial charge is 0.399 e. The Morgan fingerprint density at radius 3 is 2.84 bits per heavy atom. The number of rotatable bonds is 5. The van der Waals surface area contributed by atoms with Crippen molar-refractivity contribution in [3.63, 3.8) is 0 Å². The van der Waals surface area contributed by atoms with Crippen molar-refractivity contribution in [3.8, 4) is 22.4 Å². The lowest BCUT2D eigenvalue weighted by Gasteiger charge is -2.20. The predicted molar refractivity (Wildman–Crippen MR) is 123 cm³/mol. The van der Waals surface area contributed by atoms with E-state index in [0.717, 1.165) is 44.4 Å². The van der Waals surface area contributed by atoms with Gasteiger partial charge in [0.15, 0.2) is 0 Å². The van der Waals surface area contributed by atoms with Gasteiger partial charge in [-0.25, -0.2) is 0 Å². The van der Waals surface area contributed by atoms with Gasteiger partial charge in [-0.05, 0) is 53.1 Å². The fraction of sp³-hybridized carbons (Fsp3) is 0.125. The van der Waals surface area contributed by atoms with Crippen molar-refractivity contribution >= 4 is 22.5 Å². The highest BCUT2D eigenvalue weighted by molar-refractivity contribution is 5.96. The second-order valence-electron chi connectivity index (χ2n) is 7.96. The number of primary amides is 1. The third-order valence-corrected chi connectivity index (χ3v) is 5.84. The summed E-state index contributed by atoms with van der Waals surface area (Å²) in [4.78, 5) is 17.4. The maximum absolute atomic E-state index is 11.4. The molecule has 1 amide bonds. The first kappa shape index (κ1) is 19.9. The first-order valence-corrected chi connectivity index (χ1v) is 10.1. The molecule has 0 aliphatic carbocycles. The number of nitrogens with two attached hydrogens (primary N) is 2. The summed E-state index contributed by atoms with van der Waals surface area (Å²) in [6.45, 7) is 4.33. The number of nitrogen functional groups attached to an aromatic ring is 1. The molecular formula is C24H22N6O2. The summed E-state index contributed by atoms with van der Waals surface area (Å²) in [5.74, 6) is -0.582. The molecule has 6 N–H and O–H groups in total. The predicted octanol–water partition coefficient (Wildman–Crippen LogP) is 2.72. The molecule has 8 nitrogen and oxygen atoms in total. The lowest BCUT2D eigenvalue weighted by atomic mass is 9.94. The van der Waals surface area contributed by atoms with E-state index in [9.17, 15) is 9.90 Å². The highest BCUT2D eigenvalue weighted by Gasteiger charge is 2.32. The van der Waals surface area contributed by atoms with E-state index >= 15 is 0 Å². The van der Waals surface area contributed by atoms with Crippen LogP contribution < -0.4 is 11.5 Å². The van der Waals surface area contributed by atoms with E-state index in [4.69, 9.17) is 11.5 Å². The van der Waals surface area contributed by atoms with Crippen LogP contribution in [0.3, 0.4) is 0 Å². The van der Waals surface area contributed by atoms with E-state index in [1.54, 1.807) is 23.4 Å². The second-order valence-corrected chi connectivity index (χ2v) is 7.96. The molecule has 1 atom stereocenters. The summed E-state index contributed by atoms with van der Waals surface area (Å²) in [6.07, 6.45) is 2.61. The number of carbonyl (C=O) groups excluding carboxylic acids is 1. The van der Waals surface area contributed by atoms with Crippen molar-refractivity contribution in [2.75, 3.05) is 12.3 Å². The Hall–Kier alpha value is -4.01. The zero-order chi connectivity index (χ0) is 22.4. The molecule has 0 spiro atoms. The molecule has 8 heteroatoms. The van der Waals surface area contributed by atoms with Crippen LogP contribution in [0.1, 0.15) is 17.4 Å². The van der Waals surface area contributed by atoms with Gasteiger partial charge in [0, 0.05) is 53.3 Å². The molecule has 32 heavy (non-hydrogen) atoms. The number of nitrogens with one attached hydrogen (secondary N) is 1. The lowest BCUT2D eigenvalue weighted by molar-refractivity contribution is -0.115. The maximum Gasteiger partial charge on any atom is 0.245 e. The van der Waals surface area contributed by atoms with Crippen LogP contribution in [0.4, 0.5) is 5.69 Å². The molecule has 2 aromatic carbocycles. The normalized spacial score (nSPS) is 15.7. The Balaban J connectivity index is 1.59. The lowest BCUT2D eigenvalue weighted by Crippen LogP contribution is -2.28. The molecule has 160 valence electrons. The molecule has 1 unspecified atom stereocenters. The monoisotopic (exact) mass is 426 g/mol. The van der Waals surface area contributed by atoms with Gasteiger partial charge in [-0.2, -0.15) is 5.10 Å². The summed E-state index contributed by atoms with van der Waals surface area (Å²) < 4.78 is 0. The van der Waals surface area contributed by atoms with Crippen LogP contribution in [0, 0.1) is 0 Å². The van der Waals surface area contributed by atoms with Crippen LogP contribution in [0.2, 0.25) is 0 Å². The minimum Gasteiger partial charge on any atom is -0.399 e. The number of anilines is 1. The third kappa shape index (κ3) is 3.31. The summed E-state index contributed by atoms with van der Waals surface area (Å²) in [5.41, 5.74) is 18.5. The fourth-order valence-electron chi connectivity index (χ4n) is 4.24. The number of aliphatic hydroxyl groups is 1. The third-order valence-electron chi connectivity index (χ3n) is 5.84. The second kappa shape index (κ2) is 7.60. The van der Waals surface area contributed by atoms with E-state index in [-0.39, 0.29) is 12.1 Å². The van der Waals surface area contributed by atoms with Crippen LogP contribution in [0.25, 0.3) is 33.3 Å². The number of aromatic nitrogens is 3. The zero-order valence-electron chi connectivity index (χ0n) is 17.2. The molecule has 0 saturated carbocycles. The number of fused-ring (bicyclic) bond motifs is 2. The van der Waals surface area contributed by atoms with E-state index < -0.39 is 12.1 Å². The molecule has 5 rings (SSSR count). The van der Waals surface area contributed by atoms with Gasteiger partial charge in [0.1, 0.15) is 11.9 Å². The van der Waals surface area contributed by atoms with Gasteiger partial charge in [-0.15, -0.1) is 0 Å². The molecule has 1 aliphatic heterocycles. The molecule has 0 fully saturated rings. The van der Waals surface area contributed by atoms with Crippen molar-refractivity contribution in [2.45, 2.75) is 12.8 Å². The Bertz CT molecular complexity index is 1360. The summed E-state index contributed by atoms with van der Waals surface area (Å²) >= 11 is 0. The number of hydrogen-bond donors (Lipinski definition) is 4. The average molecular weight is 426 g/mol. The molecule has 0 radical (unpaired) electrons. The van der Waals surface area contributed by atoms with Crippen molar-refractivity contribution < 1.29 is 9.90 Å². The maximum atomic E-state index is 11.4.